The highest BCUT2D eigenvalue weighted by Crippen LogP contribution is 2.47. The second-order valence-electron chi connectivity index (χ2n) is 21.5. The van der Waals surface area contributed by atoms with Gasteiger partial charge in [-0.15, -0.1) is 0 Å². The highest BCUT2D eigenvalue weighted by Gasteiger charge is 2.26. The van der Waals surface area contributed by atoms with Crippen molar-refractivity contribution < 1.29 is 4.42 Å². The highest BCUT2D eigenvalue weighted by atomic mass is 16.3. The molecule has 70 heavy (non-hydrogen) atoms. The van der Waals surface area contributed by atoms with Crippen LogP contribution < -0.4 is 15.5 Å². The molecular formula is C67H58N2O. The van der Waals surface area contributed by atoms with Crippen molar-refractivity contribution in [3.63, 3.8) is 0 Å². The van der Waals surface area contributed by atoms with Crippen molar-refractivity contribution in [2.75, 3.05) is 4.90 Å². The van der Waals surface area contributed by atoms with Crippen LogP contribution in [0.15, 0.2) is 205 Å². The number of aromatic nitrogens is 1. The number of anilines is 3. The van der Waals surface area contributed by atoms with E-state index in [0.717, 1.165) is 51.0 Å². The first-order valence-electron chi connectivity index (χ1n) is 24.9. The molecule has 11 aromatic rings. The lowest BCUT2D eigenvalue weighted by atomic mass is 9.78. The van der Waals surface area contributed by atoms with Crippen LogP contribution in [0.5, 0.6) is 0 Å². The van der Waals surface area contributed by atoms with E-state index in [1.807, 2.05) is 6.07 Å². The molecule has 0 saturated carbocycles. The third kappa shape index (κ3) is 7.43. The van der Waals surface area contributed by atoms with Crippen molar-refractivity contribution in [3.05, 3.63) is 227 Å². The Morgan fingerprint density at radius 3 is 1.90 bits per heavy atom. The van der Waals surface area contributed by atoms with Gasteiger partial charge in [-0.3, -0.25) is 0 Å². The van der Waals surface area contributed by atoms with Crippen molar-refractivity contribution in [3.8, 4) is 27.9 Å². The molecule has 1 aliphatic carbocycles. The summed E-state index contributed by atoms with van der Waals surface area (Å²) >= 11 is 0. The number of nitrogens with zero attached hydrogens (tertiary/aromatic N) is 2. The lowest BCUT2D eigenvalue weighted by Gasteiger charge is -2.29. The second-order valence-corrected chi connectivity index (χ2v) is 21.5. The monoisotopic (exact) mass is 906 g/mol. The Bertz CT molecular complexity index is 3930. The average Bonchev–Trinajstić information content (AvgIpc) is 3.91. The van der Waals surface area contributed by atoms with E-state index < -0.39 is 0 Å². The molecule has 0 saturated heterocycles. The maximum Gasteiger partial charge on any atom is 0.135 e. The van der Waals surface area contributed by atoms with E-state index in [0.29, 0.717) is 5.92 Å². The zero-order valence-corrected chi connectivity index (χ0v) is 41.2. The first-order chi connectivity index (χ1) is 33.9. The molecule has 1 atom stereocenters. The van der Waals surface area contributed by atoms with Crippen LogP contribution in [0.1, 0.15) is 71.6 Å². The molecule has 1 aliphatic rings. The van der Waals surface area contributed by atoms with Crippen molar-refractivity contribution in [2.24, 2.45) is 5.92 Å². The molecule has 1 unspecified atom stereocenters. The quantitative estimate of drug-likeness (QED) is 0.159. The largest absolute Gasteiger partial charge is 0.456 e. The van der Waals surface area contributed by atoms with E-state index in [4.69, 9.17) is 4.42 Å². The lowest BCUT2D eigenvalue weighted by Crippen LogP contribution is -2.35. The van der Waals surface area contributed by atoms with E-state index in [2.05, 4.69) is 258 Å². The van der Waals surface area contributed by atoms with Crippen LogP contribution in [0.2, 0.25) is 0 Å². The molecule has 0 fully saturated rings. The van der Waals surface area contributed by atoms with Gasteiger partial charge in [0.05, 0.1) is 16.6 Å². The SMILES string of the molecule is CC1C=c2c(n(-c3ccccc3)c3ccccc23)=C(c2cccc(N(c3ccc4oc5ccccc5c4c3)c3ccccc3-c3cccc4cccc(-c5cc(C(C)(C)C)cc(C(C)(C)C)c5)c34)c2)C1. The number of hydrogen-bond donors (Lipinski definition) is 0. The summed E-state index contributed by atoms with van der Waals surface area (Å²) in [6.45, 7) is 16.3. The topological polar surface area (TPSA) is 21.3 Å². The van der Waals surface area contributed by atoms with Crippen molar-refractivity contribution in [1.82, 2.24) is 4.57 Å². The van der Waals surface area contributed by atoms with E-state index in [1.165, 1.54) is 76.9 Å². The third-order valence-corrected chi connectivity index (χ3v) is 14.6. The van der Waals surface area contributed by atoms with Gasteiger partial charge in [-0.05, 0) is 134 Å². The maximum absolute atomic E-state index is 6.44. The summed E-state index contributed by atoms with van der Waals surface area (Å²) in [5.74, 6) is 0.360. The van der Waals surface area contributed by atoms with Crippen molar-refractivity contribution in [1.29, 1.82) is 0 Å². The van der Waals surface area contributed by atoms with Crippen LogP contribution in [0.4, 0.5) is 17.1 Å². The Balaban J connectivity index is 1.12. The van der Waals surface area contributed by atoms with Crippen LogP contribution in [-0.4, -0.2) is 4.57 Å². The number of rotatable bonds is 7. The van der Waals surface area contributed by atoms with Crippen LogP contribution in [0.3, 0.4) is 0 Å². The fourth-order valence-electron chi connectivity index (χ4n) is 11.1. The van der Waals surface area contributed by atoms with Gasteiger partial charge < -0.3 is 13.9 Å². The van der Waals surface area contributed by atoms with E-state index in [9.17, 15) is 0 Å². The summed E-state index contributed by atoms with van der Waals surface area (Å²) in [6.07, 6.45) is 3.41. The molecule has 0 radical (unpaired) electrons. The molecule has 2 heterocycles. The highest BCUT2D eigenvalue weighted by molar-refractivity contribution is 6.10. The summed E-state index contributed by atoms with van der Waals surface area (Å²) in [7, 11) is 0. The van der Waals surface area contributed by atoms with Crippen LogP contribution in [0.25, 0.3) is 83.2 Å². The molecule has 0 aliphatic heterocycles. The summed E-state index contributed by atoms with van der Waals surface area (Å²) in [4.78, 5) is 2.48. The molecule has 342 valence electrons. The Morgan fingerprint density at radius 1 is 0.500 bits per heavy atom. The maximum atomic E-state index is 6.44. The molecule has 12 rings (SSSR count). The number of hydrogen-bond acceptors (Lipinski definition) is 2. The lowest BCUT2D eigenvalue weighted by molar-refractivity contribution is 0.569. The van der Waals surface area contributed by atoms with Gasteiger partial charge in [0.1, 0.15) is 11.2 Å². The first kappa shape index (κ1) is 43.4. The van der Waals surface area contributed by atoms with Gasteiger partial charge in [-0.2, -0.15) is 0 Å². The Morgan fingerprint density at radius 2 is 1.13 bits per heavy atom. The summed E-state index contributed by atoms with van der Waals surface area (Å²) in [6, 6.07) is 74.0. The molecule has 0 bridgehead atoms. The smallest absolute Gasteiger partial charge is 0.135 e. The van der Waals surface area contributed by atoms with Gasteiger partial charge in [0.25, 0.3) is 0 Å². The molecule has 0 N–H and O–H groups in total. The third-order valence-electron chi connectivity index (χ3n) is 14.6. The molecule has 0 amide bonds. The van der Waals surface area contributed by atoms with Gasteiger partial charge in [-0.1, -0.05) is 194 Å². The molecule has 3 nitrogen and oxygen atoms in total. The van der Waals surface area contributed by atoms with Gasteiger partial charge >= 0.3 is 0 Å². The zero-order valence-electron chi connectivity index (χ0n) is 41.2. The Labute approximate surface area is 411 Å². The fraction of sp³-hybridized carbons (Fsp3) is 0.164. The number of furan rings is 1. The van der Waals surface area contributed by atoms with E-state index >= 15 is 0 Å². The van der Waals surface area contributed by atoms with Gasteiger partial charge in [0.2, 0.25) is 0 Å². The second kappa shape index (κ2) is 16.7. The molecule has 3 heteroatoms. The summed E-state index contributed by atoms with van der Waals surface area (Å²) in [5, 5.41) is 8.53. The van der Waals surface area contributed by atoms with Crippen LogP contribution in [0, 0.1) is 5.92 Å². The van der Waals surface area contributed by atoms with Crippen LogP contribution >= 0.6 is 0 Å². The minimum Gasteiger partial charge on any atom is -0.456 e. The van der Waals surface area contributed by atoms with Gasteiger partial charge in [0.15, 0.2) is 0 Å². The van der Waals surface area contributed by atoms with E-state index in [-0.39, 0.29) is 10.8 Å². The predicted molar refractivity (Wildman–Crippen MR) is 297 cm³/mol. The Kier molecular flexibility index (Phi) is 10.3. The zero-order chi connectivity index (χ0) is 47.9. The standard InChI is InChI=1S/C67H58N2O/c1-43-36-57(65-59(37-43)54-27-12-15-32-61(54)69(65)49-23-9-8-10-24-49)45-22-17-25-50(40-45)68(51-34-35-63-58(42-51)55-28-13-16-33-62(55)70-63)60-31-14-11-26-53(60)56-30-19-21-44-20-18-29-52(64(44)56)46-38-47(66(2,3)4)41-48(39-46)67(5,6)7/h8-35,37-43H,36H2,1-7H3. The molecule has 0 spiro atoms. The van der Waals surface area contributed by atoms with Crippen molar-refractivity contribution in [2.45, 2.75) is 65.7 Å². The number of fused-ring (bicyclic) bond motifs is 7. The summed E-state index contributed by atoms with van der Waals surface area (Å²) < 4.78 is 8.93. The molecule has 2 aromatic heterocycles. The summed E-state index contributed by atoms with van der Waals surface area (Å²) in [5.41, 5.74) is 17.5. The van der Waals surface area contributed by atoms with Gasteiger partial charge in [0, 0.05) is 44.0 Å². The minimum absolute atomic E-state index is 0.0155. The predicted octanol–water partition coefficient (Wildman–Crippen LogP) is 17.1. The van der Waals surface area contributed by atoms with Gasteiger partial charge in [-0.25, -0.2) is 0 Å². The minimum atomic E-state index is -0.0155. The fourth-order valence-corrected chi connectivity index (χ4v) is 11.1. The Hall–Kier alpha value is -7.88. The molecule has 9 aromatic carbocycles. The van der Waals surface area contributed by atoms with E-state index in [1.54, 1.807) is 0 Å². The molecular weight excluding hydrogens is 849 g/mol. The average molecular weight is 907 g/mol. The van der Waals surface area contributed by atoms with Crippen molar-refractivity contribution >= 4 is 72.3 Å². The van der Waals surface area contributed by atoms with Crippen LogP contribution in [-0.2, 0) is 10.8 Å². The first-order valence-corrected chi connectivity index (χ1v) is 24.9. The number of para-hydroxylation sites is 4. The normalized spacial score (nSPS) is 14.1. The number of benzene rings is 9.